The molecule has 0 aliphatic carbocycles. The van der Waals surface area contributed by atoms with Gasteiger partial charge in [-0.3, -0.25) is 0 Å². The van der Waals surface area contributed by atoms with Gasteiger partial charge in [0.15, 0.2) is 0 Å². The highest BCUT2D eigenvalue weighted by Crippen LogP contribution is 2.28. The molecule has 0 spiro atoms. The Balaban J connectivity index is 1.45. The number of rotatable bonds is 5. The monoisotopic (exact) mass is 368 g/mol. The van der Waals surface area contributed by atoms with Gasteiger partial charge >= 0.3 is 0 Å². The van der Waals surface area contributed by atoms with Crippen molar-refractivity contribution in [1.82, 2.24) is 19.6 Å². The van der Waals surface area contributed by atoms with Gasteiger partial charge in [0.2, 0.25) is 0 Å². The summed E-state index contributed by atoms with van der Waals surface area (Å²) < 4.78 is 12.5. The highest BCUT2D eigenvalue weighted by atomic mass is 16.5. The number of hydrogen-bond donors (Lipinski definition) is 1. The smallest absolute Gasteiger partial charge is 0.254 e. The van der Waals surface area contributed by atoms with Crippen LogP contribution in [0.1, 0.15) is 18.5 Å². The Morgan fingerprint density at radius 1 is 1.04 bits per heavy atom. The van der Waals surface area contributed by atoms with E-state index in [-0.39, 0.29) is 0 Å². The lowest BCUT2D eigenvalue weighted by Crippen LogP contribution is -2.40. The lowest BCUT2D eigenvalue weighted by atomic mass is 10.0. The number of nitrogens with one attached hydrogen (secondary N) is 1. The van der Waals surface area contributed by atoms with Crippen molar-refractivity contribution in [2.75, 3.05) is 37.5 Å². The largest absolute Gasteiger partial charge is 0.497 e. The predicted octanol–water partition coefficient (Wildman–Crippen LogP) is 2.53. The van der Waals surface area contributed by atoms with Gasteiger partial charge in [-0.1, -0.05) is 0 Å². The summed E-state index contributed by atoms with van der Waals surface area (Å²) in [6.45, 7) is 3.87. The SMILES string of the molecule is COc1cc(NC2CCN(c3cc(C)nc4ncnn34)CC2)cc(OC)c1. The molecule has 4 rings (SSSR count). The molecule has 0 bridgehead atoms. The lowest BCUT2D eigenvalue weighted by molar-refractivity contribution is 0.394. The fourth-order valence-corrected chi connectivity index (χ4v) is 3.52. The molecule has 0 radical (unpaired) electrons. The number of piperidine rings is 1. The van der Waals surface area contributed by atoms with Crippen molar-refractivity contribution in [1.29, 1.82) is 0 Å². The topological polar surface area (TPSA) is 76.8 Å². The Bertz CT molecular complexity index is 911. The maximum atomic E-state index is 5.36. The summed E-state index contributed by atoms with van der Waals surface area (Å²) in [4.78, 5) is 11.0. The first-order valence-corrected chi connectivity index (χ1v) is 9.08. The highest BCUT2D eigenvalue weighted by molar-refractivity contribution is 5.55. The zero-order valence-electron chi connectivity index (χ0n) is 15.8. The van der Waals surface area contributed by atoms with Gasteiger partial charge in [0.25, 0.3) is 5.78 Å². The third-order valence-corrected chi connectivity index (χ3v) is 4.90. The van der Waals surface area contributed by atoms with E-state index in [1.807, 2.05) is 29.6 Å². The standard InChI is InChI=1S/C19H24N6O2/c1-13-8-18(25-19(22-13)20-12-21-25)24-6-4-14(5-7-24)23-15-9-16(26-2)11-17(10-15)27-3/h8-12,14,23H,4-7H2,1-3H3. The van der Waals surface area contributed by atoms with Crippen LogP contribution in [0.25, 0.3) is 5.78 Å². The first kappa shape index (κ1) is 17.4. The summed E-state index contributed by atoms with van der Waals surface area (Å²) >= 11 is 0. The Morgan fingerprint density at radius 2 is 1.74 bits per heavy atom. The molecule has 0 atom stereocenters. The summed E-state index contributed by atoms with van der Waals surface area (Å²) in [6, 6.07) is 8.35. The van der Waals surface area contributed by atoms with Crippen molar-refractivity contribution in [3.63, 3.8) is 0 Å². The highest BCUT2D eigenvalue weighted by Gasteiger charge is 2.22. The molecule has 1 aromatic carbocycles. The Hall–Kier alpha value is -3.03. The third kappa shape index (κ3) is 3.60. The summed E-state index contributed by atoms with van der Waals surface area (Å²) in [7, 11) is 3.33. The fourth-order valence-electron chi connectivity index (χ4n) is 3.52. The first-order chi connectivity index (χ1) is 13.2. The van der Waals surface area contributed by atoms with Crippen LogP contribution in [-0.4, -0.2) is 52.9 Å². The predicted molar refractivity (Wildman–Crippen MR) is 104 cm³/mol. The minimum Gasteiger partial charge on any atom is -0.497 e. The average molecular weight is 368 g/mol. The van der Waals surface area contributed by atoms with E-state index >= 15 is 0 Å². The van der Waals surface area contributed by atoms with E-state index in [0.717, 1.165) is 54.6 Å². The minimum atomic E-state index is 0.396. The van der Waals surface area contributed by atoms with Crippen LogP contribution in [-0.2, 0) is 0 Å². The van der Waals surface area contributed by atoms with Crippen molar-refractivity contribution in [2.24, 2.45) is 0 Å². The van der Waals surface area contributed by atoms with E-state index in [1.165, 1.54) is 0 Å². The molecule has 1 aliphatic rings. The Morgan fingerprint density at radius 3 is 2.41 bits per heavy atom. The van der Waals surface area contributed by atoms with Gasteiger partial charge in [-0.25, -0.2) is 4.98 Å². The van der Waals surface area contributed by atoms with E-state index in [0.29, 0.717) is 11.8 Å². The van der Waals surface area contributed by atoms with Crippen LogP contribution in [0.2, 0.25) is 0 Å². The number of fused-ring (bicyclic) bond motifs is 1. The quantitative estimate of drug-likeness (QED) is 0.741. The van der Waals surface area contributed by atoms with Crippen molar-refractivity contribution in [2.45, 2.75) is 25.8 Å². The second-order valence-corrected chi connectivity index (χ2v) is 6.73. The molecule has 8 heteroatoms. The fraction of sp³-hybridized carbons (Fsp3) is 0.421. The van der Waals surface area contributed by atoms with Gasteiger partial charge in [0.05, 0.1) is 14.2 Å². The van der Waals surface area contributed by atoms with E-state index in [1.54, 1.807) is 20.5 Å². The van der Waals surface area contributed by atoms with Crippen molar-refractivity contribution >= 4 is 17.3 Å². The number of benzene rings is 1. The number of ether oxygens (including phenoxy) is 2. The second kappa shape index (κ2) is 7.30. The lowest BCUT2D eigenvalue weighted by Gasteiger charge is -2.34. The van der Waals surface area contributed by atoms with E-state index in [9.17, 15) is 0 Å². The molecule has 1 aliphatic heterocycles. The molecular weight excluding hydrogens is 344 g/mol. The first-order valence-electron chi connectivity index (χ1n) is 9.08. The minimum absolute atomic E-state index is 0.396. The van der Waals surface area contributed by atoms with E-state index in [2.05, 4.69) is 31.3 Å². The summed E-state index contributed by atoms with van der Waals surface area (Å²) in [5, 5.41) is 7.93. The van der Waals surface area contributed by atoms with Crippen LogP contribution in [0, 0.1) is 6.92 Å². The molecule has 0 amide bonds. The average Bonchev–Trinajstić information content (AvgIpc) is 3.16. The molecule has 27 heavy (non-hydrogen) atoms. The Labute approximate surface area is 158 Å². The van der Waals surface area contributed by atoms with Crippen LogP contribution in [0.5, 0.6) is 11.5 Å². The molecule has 3 aromatic rings. The van der Waals surface area contributed by atoms with Crippen LogP contribution in [0.15, 0.2) is 30.6 Å². The zero-order chi connectivity index (χ0) is 18.8. The molecule has 8 nitrogen and oxygen atoms in total. The molecule has 0 saturated carbocycles. The van der Waals surface area contributed by atoms with Crippen LogP contribution >= 0.6 is 0 Å². The molecule has 3 heterocycles. The molecule has 142 valence electrons. The number of hydrogen-bond acceptors (Lipinski definition) is 7. The molecule has 1 fully saturated rings. The van der Waals surface area contributed by atoms with Gasteiger partial charge in [0, 0.05) is 54.8 Å². The third-order valence-electron chi connectivity index (χ3n) is 4.90. The molecule has 1 saturated heterocycles. The zero-order valence-corrected chi connectivity index (χ0v) is 15.8. The van der Waals surface area contributed by atoms with Crippen molar-refractivity contribution in [3.8, 4) is 11.5 Å². The maximum Gasteiger partial charge on any atom is 0.254 e. The number of nitrogens with zero attached hydrogens (tertiary/aromatic N) is 5. The van der Waals surface area contributed by atoms with E-state index in [4.69, 9.17) is 9.47 Å². The van der Waals surface area contributed by atoms with Gasteiger partial charge < -0.3 is 19.7 Å². The number of aryl methyl sites for hydroxylation is 1. The van der Waals surface area contributed by atoms with Crippen LogP contribution < -0.4 is 19.7 Å². The normalized spacial score (nSPS) is 15.1. The molecule has 2 aromatic heterocycles. The second-order valence-electron chi connectivity index (χ2n) is 6.73. The van der Waals surface area contributed by atoms with Gasteiger partial charge in [-0.15, -0.1) is 0 Å². The van der Waals surface area contributed by atoms with Crippen LogP contribution in [0.4, 0.5) is 11.5 Å². The van der Waals surface area contributed by atoms with Crippen molar-refractivity contribution in [3.05, 3.63) is 36.3 Å². The van der Waals surface area contributed by atoms with Gasteiger partial charge in [-0.2, -0.15) is 14.6 Å². The van der Waals surface area contributed by atoms with E-state index < -0.39 is 0 Å². The maximum absolute atomic E-state index is 5.36. The summed E-state index contributed by atoms with van der Waals surface area (Å²) in [5.41, 5.74) is 1.97. The molecule has 1 N–H and O–H groups in total. The number of aromatic nitrogens is 4. The molecular formula is C19H24N6O2. The number of anilines is 2. The Kier molecular flexibility index (Phi) is 4.70. The van der Waals surface area contributed by atoms with Gasteiger partial charge in [0.1, 0.15) is 23.6 Å². The number of methoxy groups -OCH3 is 2. The molecule has 0 unspecified atom stereocenters. The van der Waals surface area contributed by atoms with Crippen LogP contribution in [0.3, 0.4) is 0 Å². The summed E-state index contributed by atoms with van der Waals surface area (Å²) in [5.74, 6) is 3.27. The van der Waals surface area contributed by atoms with Gasteiger partial charge in [-0.05, 0) is 19.8 Å². The summed E-state index contributed by atoms with van der Waals surface area (Å²) in [6.07, 6.45) is 3.60. The van der Waals surface area contributed by atoms with Crippen molar-refractivity contribution < 1.29 is 9.47 Å².